The zero-order valence-electron chi connectivity index (χ0n) is 11.7. The lowest BCUT2D eigenvalue weighted by molar-refractivity contribution is -0.119. The van der Waals surface area contributed by atoms with Crippen LogP contribution in [0.15, 0.2) is 18.7 Å². The highest BCUT2D eigenvalue weighted by Crippen LogP contribution is 2.26. The second-order valence-electron chi connectivity index (χ2n) is 5.01. The van der Waals surface area contributed by atoms with Crippen molar-refractivity contribution in [3.05, 3.63) is 24.4 Å². The lowest BCUT2D eigenvalue weighted by atomic mass is 10.1. The molecule has 20 heavy (non-hydrogen) atoms. The zero-order valence-corrected chi connectivity index (χ0v) is 11.7. The molecule has 2 amide bonds. The average Bonchev–Trinajstić information content (AvgIpc) is 3.06. The monoisotopic (exact) mass is 276 g/mol. The number of aryl methyl sites for hydroxylation is 1. The van der Waals surface area contributed by atoms with Crippen molar-refractivity contribution in [2.75, 3.05) is 11.9 Å². The highest BCUT2D eigenvalue weighted by molar-refractivity contribution is 5.96. The SMILES string of the molecule is C=CCNC(=O)c1cc(NC(=O)C2CCCC2)n(C)n1. The van der Waals surface area contributed by atoms with Gasteiger partial charge in [0.25, 0.3) is 5.91 Å². The third kappa shape index (κ3) is 3.26. The van der Waals surface area contributed by atoms with Crippen LogP contribution in [0.1, 0.15) is 36.2 Å². The average molecular weight is 276 g/mol. The number of hydrogen-bond acceptors (Lipinski definition) is 3. The number of anilines is 1. The van der Waals surface area contributed by atoms with Gasteiger partial charge in [-0.15, -0.1) is 6.58 Å². The maximum atomic E-state index is 12.1. The van der Waals surface area contributed by atoms with Crippen molar-refractivity contribution in [1.29, 1.82) is 0 Å². The summed E-state index contributed by atoms with van der Waals surface area (Å²) in [6, 6.07) is 1.59. The molecule has 0 aliphatic heterocycles. The molecule has 1 aromatic rings. The fourth-order valence-electron chi connectivity index (χ4n) is 2.37. The minimum absolute atomic E-state index is 0.0172. The van der Waals surface area contributed by atoms with Gasteiger partial charge in [0, 0.05) is 25.6 Å². The smallest absolute Gasteiger partial charge is 0.272 e. The molecular formula is C14H20N4O2. The molecule has 0 unspecified atom stereocenters. The van der Waals surface area contributed by atoms with Gasteiger partial charge >= 0.3 is 0 Å². The van der Waals surface area contributed by atoms with Gasteiger partial charge < -0.3 is 10.6 Å². The molecule has 1 heterocycles. The van der Waals surface area contributed by atoms with Gasteiger partial charge in [-0.05, 0) is 12.8 Å². The maximum absolute atomic E-state index is 12.1. The van der Waals surface area contributed by atoms with Crippen molar-refractivity contribution < 1.29 is 9.59 Å². The minimum Gasteiger partial charge on any atom is -0.347 e. The molecule has 1 saturated carbocycles. The van der Waals surface area contributed by atoms with E-state index in [-0.39, 0.29) is 23.4 Å². The third-order valence-corrected chi connectivity index (χ3v) is 3.50. The first-order chi connectivity index (χ1) is 9.61. The van der Waals surface area contributed by atoms with E-state index >= 15 is 0 Å². The van der Waals surface area contributed by atoms with Crippen molar-refractivity contribution >= 4 is 17.6 Å². The lowest BCUT2D eigenvalue weighted by Gasteiger charge is -2.09. The number of rotatable bonds is 5. The van der Waals surface area contributed by atoms with Gasteiger partial charge in [0.05, 0.1) is 0 Å². The van der Waals surface area contributed by atoms with Crippen molar-refractivity contribution in [3.8, 4) is 0 Å². The van der Waals surface area contributed by atoms with Crippen LogP contribution in [0.5, 0.6) is 0 Å². The Morgan fingerprint density at radius 1 is 1.50 bits per heavy atom. The summed E-state index contributed by atoms with van der Waals surface area (Å²) >= 11 is 0. The van der Waals surface area contributed by atoms with Gasteiger partial charge in [-0.25, -0.2) is 0 Å². The molecule has 1 aliphatic carbocycles. The molecule has 0 bridgehead atoms. The standard InChI is InChI=1S/C14H20N4O2/c1-3-8-15-14(20)11-9-12(18(2)17-11)16-13(19)10-6-4-5-7-10/h3,9-10H,1,4-8H2,2H3,(H,15,20)(H,16,19). The second-order valence-corrected chi connectivity index (χ2v) is 5.01. The van der Waals surface area contributed by atoms with E-state index in [2.05, 4.69) is 22.3 Å². The molecular weight excluding hydrogens is 256 g/mol. The first-order valence-electron chi connectivity index (χ1n) is 6.86. The third-order valence-electron chi connectivity index (χ3n) is 3.50. The molecule has 0 radical (unpaired) electrons. The summed E-state index contributed by atoms with van der Waals surface area (Å²) in [6.45, 7) is 3.92. The molecule has 1 aromatic heterocycles. The molecule has 1 fully saturated rings. The Kier molecular flexibility index (Phi) is 4.55. The molecule has 2 rings (SSSR count). The van der Waals surface area contributed by atoms with E-state index < -0.39 is 0 Å². The number of aromatic nitrogens is 2. The van der Waals surface area contributed by atoms with Crippen LogP contribution in [0.4, 0.5) is 5.82 Å². The molecule has 0 spiro atoms. The van der Waals surface area contributed by atoms with E-state index in [1.807, 2.05) is 0 Å². The number of nitrogens with one attached hydrogen (secondary N) is 2. The van der Waals surface area contributed by atoms with Gasteiger partial charge in [0.2, 0.25) is 5.91 Å². The largest absolute Gasteiger partial charge is 0.347 e. The predicted molar refractivity (Wildman–Crippen MR) is 76.3 cm³/mol. The Morgan fingerprint density at radius 3 is 2.85 bits per heavy atom. The molecule has 2 N–H and O–H groups in total. The number of carbonyl (C=O) groups excluding carboxylic acids is 2. The van der Waals surface area contributed by atoms with Gasteiger partial charge in [0.1, 0.15) is 5.82 Å². The molecule has 6 heteroatoms. The fourth-order valence-corrected chi connectivity index (χ4v) is 2.37. The molecule has 0 saturated heterocycles. The Hall–Kier alpha value is -2.11. The summed E-state index contributed by atoms with van der Waals surface area (Å²) < 4.78 is 1.51. The van der Waals surface area contributed by atoms with Crippen LogP contribution in [0.25, 0.3) is 0 Å². The summed E-state index contributed by atoms with van der Waals surface area (Å²) in [4.78, 5) is 23.8. The van der Waals surface area contributed by atoms with Crippen LogP contribution < -0.4 is 10.6 Å². The zero-order chi connectivity index (χ0) is 14.5. The summed E-state index contributed by atoms with van der Waals surface area (Å²) in [5, 5.41) is 9.60. The van der Waals surface area contributed by atoms with E-state index in [9.17, 15) is 9.59 Å². The fraction of sp³-hybridized carbons (Fsp3) is 0.500. The van der Waals surface area contributed by atoms with Crippen molar-refractivity contribution in [2.24, 2.45) is 13.0 Å². The van der Waals surface area contributed by atoms with Crippen LogP contribution in [-0.2, 0) is 11.8 Å². The Balaban J connectivity index is 2.01. The van der Waals surface area contributed by atoms with Gasteiger partial charge in [-0.1, -0.05) is 18.9 Å². The normalized spacial score (nSPS) is 15.1. The Bertz CT molecular complexity index is 515. The second kappa shape index (κ2) is 6.36. The quantitative estimate of drug-likeness (QED) is 0.799. The summed E-state index contributed by atoms with van der Waals surface area (Å²) in [5.41, 5.74) is 0.288. The van der Waals surface area contributed by atoms with E-state index in [4.69, 9.17) is 0 Å². The van der Waals surface area contributed by atoms with Crippen LogP contribution in [-0.4, -0.2) is 28.1 Å². The van der Waals surface area contributed by atoms with Gasteiger partial charge in [-0.2, -0.15) is 5.10 Å². The van der Waals surface area contributed by atoms with Crippen LogP contribution in [0.3, 0.4) is 0 Å². The number of hydrogen-bond donors (Lipinski definition) is 2. The van der Waals surface area contributed by atoms with Crippen molar-refractivity contribution in [2.45, 2.75) is 25.7 Å². The number of carbonyl (C=O) groups is 2. The lowest BCUT2D eigenvalue weighted by Crippen LogP contribution is -2.23. The highest BCUT2D eigenvalue weighted by atomic mass is 16.2. The molecule has 0 aromatic carbocycles. The summed E-state index contributed by atoms with van der Waals surface area (Å²) in [6.07, 6.45) is 5.70. The van der Waals surface area contributed by atoms with E-state index in [1.165, 1.54) is 4.68 Å². The summed E-state index contributed by atoms with van der Waals surface area (Å²) in [7, 11) is 1.70. The van der Waals surface area contributed by atoms with E-state index in [0.717, 1.165) is 25.7 Å². The predicted octanol–water partition coefficient (Wildman–Crippen LogP) is 1.46. The van der Waals surface area contributed by atoms with Crippen LogP contribution in [0, 0.1) is 5.92 Å². The van der Waals surface area contributed by atoms with E-state index in [1.54, 1.807) is 19.2 Å². The first kappa shape index (κ1) is 14.3. The summed E-state index contributed by atoms with van der Waals surface area (Å²) in [5.74, 6) is 0.374. The molecule has 108 valence electrons. The Labute approximate surface area is 118 Å². The van der Waals surface area contributed by atoms with Crippen LogP contribution >= 0.6 is 0 Å². The molecule has 6 nitrogen and oxygen atoms in total. The Morgan fingerprint density at radius 2 is 2.20 bits per heavy atom. The minimum atomic E-state index is -0.276. The van der Waals surface area contributed by atoms with Gasteiger partial charge in [-0.3, -0.25) is 14.3 Å². The molecule has 0 atom stereocenters. The maximum Gasteiger partial charge on any atom is 0.272 e. The topological polar surface area (TPSA) is 76.0 Å². The number of amides is 2. The highest BCUT2D eigenvalue weighted by Gasteiger charge is 2.24. The first-order valence-corrected chi connectivity index (χ1v) is 6.86. The van der Waals surface area contributed by atoms with Gasteiger partial charge in [0.15, 0.2) is 5.69 Å². The van der Waals surface area contributed by atoms with Crippen molar-refractivity contribution in [1.82, 2.24) is 15.1 Å². The van der Waals surface area contributed by atoms with Crippen molar-refractivity contribution in [3.63, 3.8) is 0 Å². The number of nitrogens with zero attached hydrogens (tertiary/aromatic N) is 2. The van der Waals surface area contributed by atoms with Crippen LogP contribution in [0.2, 0.25) is 0 Å². The molecule has 1 aliphatic rings. The van der Waals surface area contributed by atoms with E-state index in [0.29, 0.717) is 12.4 Å².